The molecule has 0 bridgehead atoms. The molecule has 0 fully saturated rings. The second-order valence-corrected chi connectivity index (χ2v) is 7.81. The number of hydrogen-bond acceptors (Lipinski definition) is 5. The van der Waals surface area contributed by atoms with Crippen LogP contribution in [-0.4, -0.2) is 33.9 Å². The number of carbonyl (C=O) groups is 2. The zero-order valence-corrected chi connectivity index (χ0v) is 15.7. The molecule has 0 radical (unpaired) electrons. The fourth-order valence-electron chi connectivity index (χ4n) is 3.64. The summed E-state index contributed by atoms with van der Waals surface area (Å²) in [4.78, 5) is 31.1. The lowest BCUT2D eigenvalue weighted by Gasteiger charge is -2.28. The van der Waals surface area contributed by atoms with Gasteiger partial charge in [0.15, 0.2) is 5.78 Å². The van der Waals surface area contributed by atoms with E-state index in [1.165, 1.54) is 22.9 Å². The highest BCUT2D eigenvalue weighted by atomic mass is 32.2. The van der Waals surface area contributed by atoms with Crippen molar-refractivity contribution in [1.82, 2.24) is 9.88 Å². The zero-order chi connectivity index (χ0) is 18.8. The Kier molecular flexibility index (Phi) is 4.95. The van der Waals surface area contributed by atoms with Gasteiger partial charge in [-0.25, -0.2) is 4.98 Å². The molecule has 2 aliphatic rings. The molecule has 1 aromatic carbocycles. The molecular formula is C21H19N3O2S. The van der Waals surface area contributed by atoms with Crippen LogP contribution in [-0.2, 0) is 24.2 Å². The first-order chi connectivity index (χ1) is 13.2. The van der Waals surface area contributed by atoms with Gasteiger partial charge in [0.1, 0.15) is 11.1 Å². The quantitative estimate of drug-likeness (QED) is 0.768. The van der Waals surface area contributed by atoms with Crippen molar-refractivity contribution in [2.45, 2.75) is 37.3 Å². The van der Waals surface area contributed by atoms with Crippen molar-refractivity contribution in [3.8, 4) is 6.07 Å². The molecule has 0 saturated heterocycles. The fraction of sp³-hybridized carbons (Fsp3) is 0.333. The predicted molar refractivity (Wildman–Crippen MR) is 103 cm³/mol. The number of nitriles is 1. The highest BCUT2D eigenvalue weighted by Crippen LogP contribution is 2.28. The summed E-state index contributed by atoms with van der Waals surface area (Å²) in [5.74, 6) is 0.352. The van der Waals surface area contributed by atoms with Crippen molar-refractivity contribution in [2.24, 2.45) is 0 Å². The van der Waals surface area contributed by atoms with E-state index in [4.69, 9.17) is 0 Å². The summed E-state index contributed by atoms with van der Waals surface area (Å²) >= 11 is 1.29. The average Bonchev–Trinajstić information content (AvgIpc) is 2.71. The summed E-state index contributed by atoms with van der Waals surface area (Å²) in [5.41, 5.74) is 4.21. The third kappa shape index (κ3) is 3.60. The standard InChI is InChI=1S/C21H19N3O2S/c22-11-16-10-17-18(6-3-7-19(17)25)23-21(16)27-13-20(26)24-9-8-14-4-1-2-5-15(14)12-24/h1-2,4-5,10H,3,6-9,12-13H2. The Balaban J connectivity index is 1.47. The number of amides is 1. The second-order valence-electron chi connectivity index (χ2n) is 6.85. The molecule has 5 nitrogen and oxygen atoms in total. The summed E-state index contributed by atoms with van der Waals surface area (Å²) in [6, 6.07) is 12.0. The van der Waals surface area contributed by atoms with Crippen LogP contribution in [0, 0.1) is 11.3 Å². The monoisotopic (exact) mass is 377 g/mol. The molecule has 1 aliphatic carbocycles. The summed E-state index contributed by atoms with van der Waals surface area (Å²) in [5, 5.41) is 9.97. The van der Waals surface area contributed by atoms with Crippen LogP contribution in [0.5, 0.6) is 0 Å². The van der Waals surface area contributed by atoms with Crippen LogP contribution < -0.4 is 0 Å². The Labute approximate surface area is 162 Å². The molecule has 0 unspecified atom stereocenters. The van der Waals surface area contributed by atoms with Crippen molar-refractivity contribution < 1.29 is 9.59 Å². The number of ketones is 1. The van der Waals surface area contributed by atoms with E-state index in [9.17, 15) is 14.9 Å². The summed E-state index contributed by atoms with van der Waals surface area (Å²) in [7, 11) is 0. The largest absolute Gasteiger partial charge is 0.337 e. The van der Waals surface area contributed by atoms with Crippen LogP contribution in [0.4, 0.5) is 0 Å². The number of rotatable bonds is 3. The van der Waals surface area contributed by atoms with Gasteiger partial charge in [-0.05, 0) is 36.5 Å². The van der Waals surface area contributed by atoms with E-state index >= 15 is 0 Å². The highest BCUT2D eigenvalue weighted by molar-refractivity contribution is 8.00. The molecule has 0 spiro atoms. The number of pyridine rings is 1. The molecule has 1 aromatic heterocycles. The molecule has 136 valence electrons. The lowest BCUT2D eigenvalue weighted by Crippen LogP contribution is -2.37. The maximum atomic E-state index is 12.7. The molecule has 27 heavy (non-hydrogen) atoms. The minimum absolute atomic E-state index is 0.0500. The minimum Gasteiger partial charge on any atom is -0.337 e. The van der Waals surface area contributed by atoms with Crippen LogP contribution >= 0.6 is 11.8 Å². The third-order valence-electron chi connectivity index (χ3n) is 5.12. The maximum absolute atomic E-state index is 12.7. The van der Waals surface area contributed by atoms with Gasteiger partial charge in [0.2, 0.25) is 5.91 Å². The maximum Gasteiger partial charge on any atom is 0.233 e. The van der Waals surface area contributed by atoms with E-state index in [0.29, 0.717) is 35.7 Å². The SMILES string of the molecule is N#Cc1cc2c(nc1SCC(=O)N1CCc3ccccc3C1)CCCC2=O. The van der Waals surface area contributed by atoms with E-state index in [1.54, 1.807) is 6.07 Å². The van der Waals surface area contributed by atoms with Gasteiger partial charge >= 0.3 is 0 Å². The Morgan fingerprint density at radius 1 is 1.22 bits per heavy atom. The predicted octanol–water partition coefficient (Wildman–Crippen LogP) is 3.15. The number of nitrogens with zero attached hydrogens (tertiary/aromatic N) is 3. The van der Waals surface area contributed by atoms with Gasteiger partial charge in [-0.3, -0.25) is 9.59 Å². The van der Waals surface area contributed by atoms with Crippen molar-refractivity contribution in [2.75, 3.05) is 12.3 Å². The van der Waals surface area contributed by atoms with Gasteiger partial charge in [-0.2, -0.15) is 5.26 Å². The number of hydrogen-bond donors (Lipinski definition) is 0. The molecule has 1 amide bonds. The summed E-state index contributed by atoms with van der Waals surface area (Å²) in [6.07, 6.45) is 2.92. The van der Waals surface area contributed by atoms with E-state index < -0.39 is 0 Å². The molecule has 6 heteroatoms. The molecule has 2 aromatic rings. The number of aromatic nitrogens is 1. The number of Topliss-reactive ketones (excluding diaryl/α,β-unsaturated/α-hetero) is 1. The van der Waals surface area contributed by atoms with E-state index in [-0.39, 0.29) is 17.4 Å². The van der Waals surface area contributed by atoms with Crippen LogP contribution in [0.3, 0.4) is 0 Å². The van der Waals surface area contributed by atoms with Crippen molar-refractivity contribution >= 4 is 23.5 Å². The first-order valence-corrected chi connectivity index (χ1v) is 10.1. The third-order valence-corrected chi connectivity index (χ3v) is 6.10. The van der Waals surface area contributed by atoms with Gasteiger partial charge in [0, 0.05) is 25.1 Å². The smallest absolute Gasteiger partial charge is 0.233 e. The van der Waals surface area contributed by atoms with Gasteiger partial charge in [0.05, 0.1) is 17.0 Å². The molecular weight excluding hydrogens is 358 g/mol. The number of aryl methyl sites for hydroxylation is 1. The second kappa shape index (κ2) is 7.53. The van der Waals surface area contributed by atoms with E-state index in [1.807, 2.05) is 17.0 Å². The lowest BCUT2D eigenvalue weighted by molar-refractivity contribution is -0.129. The van der Waals surface area contributed by atoms with Gasteiger partial charge < -0.3 is 4.90 Å². The van der Waals surface area contributed by atoms with Crippen molar-refractivity contribution in [3.63, 3.8) is 0 Å². The Bertz CT molecular complexity index is 964. The Morgan fingerprint density at radius 3 is 2.85 bits per heavy atom. The van der Waals surface area contributed by atoms with Gasteiger partial charge in [0.25, 0.3) is 0 Å². The van der Waals surface area contributed by atoms with Crippen LogP contribution in [0.2, 0.25) is 0 Å². The molecule has 0 saturated carbocycles. The van der Waals surface area contributed by atoms with Crippen molar-refractivity contribution in [3.05, 3.63) is 58.3 Å². The first-order valence-electron chi connectivity index (χ1n) is 9.10. The Hall–Kier alpha value is -2.65. The zero-order valence-electron chi connectivity index (χ0n) is 14.9. The lowest BCUT2D eigenvalue weighted by atomic mass is 9.94. The molecule has 0 N–H and O–H groups in total. The average molecular weight is 377 g/mol. The first kappa shape index (κ1) is 17.7. The summed E-state index contributed by atoms with van der Waals surface area (Å²) < 4.78 is 0. The number of fused-ring (bicyclic) bond motifs is 2. The van der Waals surface area contributed by atoms with Gasteiger partial charge in [-0.15, -0.1) is 0 Å². The van der Waals surface area contributed by atoms with Gasteiger partial charge in [-0.1, -0.05) is 36.0 Å². The van der Waals surface area contributed by atoms with Crippen LogP contribution in [0.15, 0.2) is 35.4 Å². The van der Waals surface area contributed by atoms with E-state index in [0.717, 1.165) is 25.0 Å². The Morgan fingerprint density at radius 2 is 2.04 bits per heavy atom. The van der Waals surface area contributed by atoms with Crippen molar-refractivity contribution in [1.29, 1.82) is 5.26 Å². The normalized spacial score (nSPS) is 15.7. The topological polar surface area (TPSA) is 74.1 Å². The highest BCUT2D eigenvalue weighted by Gasteiger charge is 2.23. The number of thioether (sulfide) groups is 1. The summed E-state index contributed by atoms with van der Waals surface area (Å²) in [6.45, 7) is 1.35. The van der Waals surface area contributed by atoms with E-state index in [2.05, 4.69) is 23.2 Å². The van der Waals surface area contributed by atoms with Crippen LogP contribution in [0.25, 0.3) is 0 Å². The number of carbonyl (C=O) groups excluding carboxylic acids is 2. The fourth-order valence-corrected chi connectivity index (χ4v) is 4.51. The minimum atomic E-state index is 0.0500. The van der Waals surface area contributed by atoms with Crippen LogP contribution in [0.1, 0.15) is 45.6 Å². The molecule has 4 rings (SSSR count). The molecule has 2 heterocycles. The molecule has 0 atom stereocenters. The number of benzene rings is 1. The molecule has 1 aliphatic heterocycles.